The van der Waals surface area contributed by atoms with Crippen molar-refractivity contribution in [2.45, 2.75) is 18.8 Å². The highest BCUT2D eigenvalue weighted by Crippen LogP contribution is 2.24. The number of esters is 1. The molecule has 5 nitrogen and oxygen atoms in total. The summed E-state index contributed by atoms with van der Waals surface area (Å²) in [5.74, 6) is -0.202. The van der Waals surface area contributed by atoms with Crippen LogP contribution in [0.3, 0.4) is 0 Å². The van der Waals surface area contributed by atoms with E-state index in [0.29, 0.717) is 26.4 Å². The van der Waals surface area contributed by atoms with Gasteiger partial charge in [-0.3, -0.25) is 9.69 Å². The minimum atomic E-state index is -0.202. The van der Waals surface area contributed by atoms with E-state index in [1.807, 2.05) is 35.2 Å². The van der Waals surface area contributed by atoms with Gasteiger partial charge >= 0.3 is 5.97 Å². The number of carbonyl (C=O) groups excluding carboxylic acids is 1. The molecule has 1 aromatic carbocycles. The first-order valence-corrected chi connectivity index (χ1v) is 6.96. The molecule has 1 aromatic rings. The number of hydrogen-bond acceptors (Lipinski definition) is 5. The van der Waals surface area contributed by atoms with Gasteiger partial charge in [-0.15, -0.1) is 0 Å². The third-order valence-corrected chi connectivity index (χ3v) is 3.56. The Kier molecular flexibility index (Phi) is 4.30. The van der Waals surface area contributed by atoms with Gasteiger partial charge in [-0.25, -0.2) is 0 Å². The summed E-state index contributed by atoms with van der Waals surface area (Å²) < 4.78 is 16.2. The fraction of sp³-hybridized carbons (Fsp3) is 0.533. The summed E-state index contributed by atoms with van der Waals surface area (Å²) in [6.45, 7) is 3.46. The Balaban J connectivity index is 1.43. The van der Waals surface area contributed by atoms with Crippen LogP contribution in [0.4, 0.5) is 0 Å². The van der Waals surface area contributed by atoms with Crippen LogP contribution in [0.1, 0.15) is 5.56 Å². The highest BCUT2D eigenvalue weighted by Gasteiger charge is 2.41. The second-order valence-corrected chi connectivity index (χ2v) is 5.17. The number of ether oxygens (including phenoxy) is 3. The number of nitrogens with zero attached hydrogens (tertiary/aromatic N) is 1. The normalized spacial score (nSPS) is 26.2. The zero-order chi connectivity index (χ0) is 13.8. The van der Waals surface area contributed by atoms with Gasteiger partial charge in [0.2, 0.25) is 0 Å². The molecule has 0 N–H and O–H groups in total. The molecule has 20 heavy (non-hydrogen) atoms. The molecule has 108 valence electrons. The first kappa shape index (κ1) is 13.5. The number of benzene rings is 1. The number of carbonyl (C=O) groups is 1. The first-order valence-electron chi connectivity index (χ1n) is 6.96. The molecule has 0 saturated carbocycles. The molecule has 3 rings (SSSR count). The molecule has 0 bridgehead atoms. The summed E-state index contributed by atoms with van der Waals surface area (Å²) in [4.78, 5) is 13.9. The Labute approximate surface area is 118 Å². The maximum absolute atomic E-state index is 11.9. The third kappa shape index (κ3) is 3.79. The summed E-state index contributed by atoms with van der Waals surface area (Å²) in [7, 11) is 0. The third-order valence-electron chi connectivity index (χ3n) is 3.56. The van der Waals surface area contributed by atoms with E-state index in [-0.39, 0.29) is 18.2 Å². The van der Waals surface area contributed by atoms with Crippen LogP contribution in [-0.4, -0.2) is 55.9 Å². The number of epoxide rings is 1. The van der Waals surface area contributed by atoms with Crippen LogP contribution in [0, 0.1) is 0 Å². The van der Waals surface area contributed by atoms with Crippen LogP contribution in [0.15, 0.2) is 30.3 Å². The van der Waals surface area contributed by atoms with Crippen LogP contribution in [0.25, 0.3) is 0 Å². The van der Waals surface area contributed by atoms with E-state index in [9.17, 15) is 4.79 Å². The molecule has 0 aromatic heterocycles. The van der Waals surface area contributed by atoms with E-state index in [4.69, 9.17) is 14.2 Å². The molecular weight excluding hydrogens is 258 g/mol. The fourth-order valence-corrected chi connectivity index (χ4v) is 2.34. The largest absolute Gasteiger partial charge is 0.460 e. The van der Waals surface area contributed by atoms with Gasteiger partial charge in [0.1, 0.15) is 12.7 Å². The Hall–Kier alpha value is -1.43. The second-order valence-electron chi connectivity index (χ2n) is 5.17. The van der Waals surface area contributed by atoms with Crippen molar-refractivity contribution >= 4 is 5.97 Å². The highest BCUT2D eigenvalue weighted by atomic mass is 16.6. The predicted molar refractivity (Wildman–Crippen MR) is 72.2 cm³/mol. The van der Waals surface area contributed by atoms with Crippen molar-refractivity contribution in [3.63, 3.8) is 0 Å². The summed E-state index contributed by atoms with van der Waals surface area (Å²) >= 11 is 0. The lowest BCUT2D eigenvalue weighted by Crippen LogP contribution is -2.38. The minimum Gasteiger partial charge on any atom is -0.460 e. The smallest absolute Gasteiger partial charge is 0.320 e. The van der Waals surface area contributed by atoms with Crippen LogP contribution < -0.4 is 0 Å². The maximum atomic E-state index is 11.9. The fourth-order valence-electron chi connectivity index (χ4n) is 2.34. The lowest BCUT2D eigenvalue weighted by molar-refractivity contribution is -0.146. The number of rotatable bonds is 4. The predicted octanol–water partition coefficient (Wildman–Crippen LogP) is 0.829. The van der Waals surface area contributed by atoms with Gasteiger partial charge in [0, 0.05) is 13.1 Å². The molecular formula is C15H19NO4. The summed E-state index contributed by atoms with van der Waals surface area (Å²) in [6.07, 6.45) is 0.440. The zero-order valence-electron chi connectivity index (χ0n) is 11.4. The van der Waals surface area contributed by atoms with Crippen LogP contribution in [0.2, 0.25) is 0 Å². The van der Waals surface area contributed by atoms with E-state index in [1.54, 1.807) is 0 Å². The van der Waals surface area contributed by atoms with Crippen molar-refractivity contribution in [2.75, 3.05) is 32.8 Å². The van der Waals surface area contributed by atoms with Gasteiger partial charge in [-0.05, 0) is 5.56 Å². The Morgan fingerprint density at radius 1 is 1.30 bits per heavy atom. The summed E-state index contributed by atoms with van der Waals surface area (Å²) in [5, 5.41) is 0. The Morgan fingerprint density at radius 2 is 2.15 bits per heavy atom. The van der Waals surface area contributed by atoms with Crippen molar-refractivity contribution in [3.05, 3.63) is 35.9 Å². The number of fused-ring (bicyclic) bond motifs is 1. The molecule has 2 unspecified atom stereocenters. The van der Waals surface area contributed by atoms with Gasteiger partial charge in [-0.1, -0.05) is 30.3 Å². The van der Waals surface area contributed by atoms with Crippen LogP contribution >= 0.6 is 0 Å². The maximum Gasteiger partial charge on any atom is 0.320 e. The van der Waals surface area contributed by atoms with Gasteiger partial charge in [-0.2, -0.15) is 0 Å². The molecule has 2 heterocycles. The monoisotopic (exact) mass is 277 g/mol. The van der Waals surface area contributed by atoms with E-state index in [0.717, 1.165) is 18.7 Å². The quantitative estimate of drug-likeness (QED) is 0.603. The Bertz CT molecular complexity index is 450. The average Bonchev–Trinajstić information content (AvgIpc) is 3.16. The van der Waals surface area contributed by atoms with Crippen molar-refractivity contribution in [1.29, 1.82) is 0 Å². The van der Waals surface area contributed by atoms with Crippen LogP contribution in [-0.2, 0) is 25.6 Å². The van der Waals surface area contributed by atoms with Gasteiger partial charge in [0.15, 0.2) is 0 Å². The average molecular weight is 277 g/mol. The lowest BCUT2D eigenvalue weighted by atomic mass is 10.2. The molecule has 0 spiro atoms. The van der Waals surface area contributed by atoms with E-state index in [2.05, 4.69) is 0 Å². The molecule has 0 amide bonds. The molecule has 2 aliphatic rings. The second kappa shape index (κ2) is 6.35. The van der Waals surface area contributed by atoms with E-state index in [1.165, 1.54) is 0 Å². The number of hydrogen-bond donors (Lipinski definition) is 0. The van der Waals surface area contributed by atoms with Crippen molar-refractivity contribution < 1.29 is 19.0 Å². The van der Waals surface area contributed by atoms with Gasteiger partial charge in [0.25, 0.3) is 0 Å². The molecule has 2 saturated heterocycles. The zero-order valence-corrected chi connectivity index (χ0v) is 11.4. The van der Waals surface area contributed by atoms with Crippen molar-refractivity contribution in [3.8, 4) is 0 Å². The molecule has 0 radical (unpaired) electrons. The lowest BCUT2D eigenvalue weighted by Gasteiger charge is -2.21. The highest BCUT2D eigenvalue weighted by molar-refractivity contribution is 5.71. The molecule has 2 atom stereocenters. The first-order chi connectivity index (χ1) is 9.81. The SMILES string of the molecule is O=C(CN1CCOCC2OC2C1)OCc1ccccc1. The standard InChI is InChI=1S/C15H19NO4/c17-15(19-10-12-4-2-1-3-5-12)9-16-6-7-18-11-14-13(8-16)20-14/h1-5,13-14H,6-11H2. The van der Waals surface area contributed by atoms with E-state index < -0.39 is 0 Å². The van der Waals surface area contributed by atoms with Gasteiger partial charge in [0.05, 0.1) is 25.9 Å². The topological polar surface area (TPSA) is 51.3 Å². The minimum absolute atomic E-state index is 0.202. The van der Waals surface area contributed by atoms with E-state index >= 15 is 0 Å². The molecule has 2 aliphatic heterocycles. The summed E-state index contributed by atoms with van der Waals surface area (Å²) in [6, 6.07) is 9.70. The molecule has 0 aliphatic carbocycles. The van der Waals surface area contributed by atoms with Crippen molar-refractivity contribution in [1.82, 2.24) is 4.90 Å². The molecule has 2 fully saturated rings. The van der Waals surface area contributed by atoms with Crippen molar-refractivity contribution in [2.24, 2.45) is 0 Å². The summed E-state index contributed by atoms with van der Waals surface area (Å²) in [5.41, 5.74) is 1.00. The molecule has 5 heteroatoms. The van der Waals surface area contributed by atoms with Gasteiger partial charge < -0.3 is 14.2 Å². The Morgan fingerprint density at radius 3 is 3.00 bits per heavy atom. The van der Waals surface area contributed by atoms with Crippen LogP contribution in [0.5, 0.6) is 0 Å².